The molecule has 0 radical (unpaired) electrons. The molecule has 0 bridgehead atoms. The van der Waals surface area contributed by atoms with Crippen molar-refractivity contribution in [3.63, 3.8) is 0 Å². The molecule has 10 rings (SSSR count). The van der Waals surface area contributed by atoms with Crippen LogP contribution in [-0.4, -0.2) is 38.3 Å². The van der Waals surface area contributed by atoms with Crippen molar-refractivity contribution in [2.75, 3.05) is 0 Å². The van der Waals surface area contributed by atoms with Crippen molar-refractivity contribution in [2.45, 2.75) is 369 Å². The van der Waals surface area contributed by atoms with Crippen molar-refractivity contribution in [1.82, 2.24) is 19.9 Å². The van der Waals surface area contributed by atoms with Gasteiger partial charge in [0.05, 0.1) is 45.0 Å². The van der Waals surface area contributed by atoms with Gasteiger partial charge in [-0.05, 0) is 133 Å². The molecule has 0 saturated carbocycles. The van der Waals surface area contributed by atoms with E-state index in [1.165, 1.54) is 204 Å². The number of rotatable bonds is 43. The van der Waals surface area contributed by atoms with Crippen LogP contribution in [0.2, 0.25) is 13.3 Å². The van der Waals surface area contributed by atoms with Gasteiger partial charge in [-0.1, -0.05) is 108 Å². The molecule has 10 heterocycles. The van der Waals surface area contributed by atoms with Gasteiger partial charge in [0, 0.05) is 20.2 Å². The first-order valence-corrected chi connectivity index (χ1v) is 57.4. The number of aromatic nitrogens is 4. The zero-order chi connectivity index (χ0) is 78.6. The van der Waals surface area contributed by atoms with Crippen LogP contribution in [-0.2, 0) is 36.9 Å². The fraction of sp³-hybridized carbons (Fsp3) is 0.699. The van der Waals surface area contributed by atoms with E-state index in [9.17, 15) is 0 Å². The maximum absolute atomic E-state index is 7.46. The smallest absolute Gasteiger partial charge is 0.481 e. The van der Waals surface area contributed by atoms with Crippen LogP contribution in [0.1, 0.15) is 347 Å². The van der Waals surface area contributed by atoms with E-state index in [-0.39, 0.29) is 11.2 Å². The predicted octanol–water partition coefficient (Wildman–Crippen LogP) is 33.2. The molecule has 8 aromatic heterocycles. The quantitative estimate of drug-likeness (QED) is 0.0355. The van der Waals surface area contributed by atoms with E-state index in [0.717, 1.165) is 132 Å². The minimum atomic E-state index is -2.59. The van der Waals surface area contributed by atoms with Gasteiger partial charge in [0.25, 0.3) is 0 Å². The minimum absolute atomic E-state index is 0.166. The van der Waals surface area contributed by atoms with Gasteiger partial charge in [0.15, 0.2) is 0 Å². The van der Waals surface area contributed by atoms with Crippen LogP contribution < -0.4 is 12.4 Å². The first-order valence-electron chi connectivity index (χ1n) is 43.4. The van der Waals surface area contributed by atoms with Crippen molar-refractivity contribution >= 4 is 143 Å². The molecule has 4 unspecified atom stereocenters. The zero-order valence-corrected chi connectivity index (χ0v) is 82.5. The third-order valence-electron chi connectivity index (χ3n) is 23.8. The summed E-state index contributed by atoms with van der Waals surface area (Å²) >= 11 is 16.1. The Balaban J connectivity index is 0.000000228. The molecule has 2 aliphatic heterocycles. The Labute approximate surface area is 703 Å². The van der Waals surface area contributed by atoms with Crippen molar-refractivity contribution in [3.8, 4) is 40.8 Å². The molecule has 0 saturated heterocycles. The number of thiophene rings is 6. The van der Waals surface area contributed by atoms with E-state index in [1.807, 2.05) is 48.2 Å². The number of ether oxygens (including phenoxy) is 2. The second-order valence-electron chi connectivity index (χ2n) is 35.1. The maximum atomic E-state index is 7.46. The van der Waals surface area contributed by atoms with E-state index in [2.05, 4.69) is 230 Å². The minimum Gasteiger partial charge on any atom is -0.481 e. The van der Waals surface area contributed by atoms with E-state index in [0.29, 0.717) is 11.8 Å². The molecule has 6 nitrogen and oxygen atoms in total. The third kappa shape index (κ3) is 24.4. The first-order chi connectivity index (χ1) is 51.6. The topological polar surface area (TPSA) is 70.0 Å². The summed E-state index contributed by atoms with van der Waals surface area (Å²) in [6.07, 6.45) is 37.6. The van der Waals surface area contributed by atoms with Crippen LogP contribution >= 0.6 is 99.9 Å². The molecule has 0 amide bonds. The Hall–Kier alpha value is -1.76. The van der Waals surface area contributed by atoms with Crippen LogP contribution in [0.15, 0.2) is 31.8 Å². The Morgan fingerprint density at radius 3 is 1.06 bits per heavy atom. The Kier molecular flexibility index (Phi) is 37.4. The summed E-state index contributed by atoms with van der Waals surface area (Å²) in [7, 11) is 0. The molecule has 602 valence electrons. The number of hydrogen-bond donors (Lipinski definition) is 0. The Morgan fingerprint density at radius 2 is 0.704 bits per heavy atom. The number of halogens is 2. The molecule has 108 heavy (non-hydrogen) atoms. The average Bonchev–Trinajstić information content (AvgIpc) is 1.57. The predicted molar refractivity (Wildman–Crippen MR) is 494 cm³/mol. The fourth-order valence-corrected chi connectivity index (χ4v) is 44.6. The summed E-state index contributed by atoms with van der Waals surface area (Å²) in [4.78, 5) is 32.2. The molecule has 0 aliphatic carbocycles. The van der Waals surface area contributed by atoms with Crippen LogP contribution in [0.25, 0.3) is 51.3 Å². The monoisotopic (exact) mass is 1820 g/mol. The summed E-state index contributed by atoms with van der Waals surface area (Å²) in [6, 6.07) is 10.1. The van der Waals surface area contributed by atoms with Crippen LogP contribution in [0, 0.1) is 68.1 Å². The molecule has 4 atom stereocenters. The molecule has 0 spiro atoms. The molecule has 0 fully saturated rings. The van der Waals surface area contributed by atoms with Gasteiger partial charge >= 0.3 is 301 Å². The molecule has 0 N–H and O–H groups in total. The zero-order valence-electron chi connectivity index (χ0n) is 71.6. The molecule has 2 aliphatic rings. The second-order valence-corrected chi connectivity index (χ2v) is 58.8. The van der Waals surface area contributed by atoms with Crippen molar-refractivity contribution in [2.24, 2.45) is 47.3 Å². The SMILES string of the molecule is CCC[CH2][Sn]([CH2]CCC)([CH2]CCC)[c]1cc2c(s1)-c1sc(C)cc1OC2(CCC(C)CCCC(C)C)CCC(C)CCCC(C)C.CCc1nc2c(Br)sc(Br)c2nc1CC.CCc1nc2c(C)sc(-c3cc4c(s3)-c3sc(C)cc3OC4(CCC(C)CCCC(C)C)CCC(C)CCCC(C)C)c2nc1CC. The summed E-state index contributed by atoms with van der Waals surface area (Å²) in [6.45, 7) is 51.5. The van der Waals surface area contributed by atoms with Gasteiger partial charge in [-0.25, -0.2) is 19.9 Å². The number of nitrogens with zero attached hydrogens (tertiary/aromatic N) is 4. The molecular weight excluding hydrogens is 1680 g/mol. The summed E-state index contributed by atoms with van der Waals surface area (Å²) in [5.74, 6) is 8.41. The van der Waals surface area contributed by atoms with Gasteiger partial charge in [-0.2, -0.15) is 0 Å². The van der Waals surface area contributed by atoms with Gasteiger partial charge in [-0.3, -0.25) is 0 Å². The number of aryl methyl sites for hydroxylation is 7. The van der Waals surface area contributed by atoms with E-state index in [1.54, 1.807) is 35.1 Å². The fourth-order valence-electron chi connectivity index (χ4n) is 16.8. The normalized spacial score (nSPS) is 16.7. The van der Waals surface area contributed by atoms with Crippen molar-refractivity contribution in [3.05, 3.63) is 80.4 Å². The van der Waals surface area contributed by atoms with Crippen LogP contribution in [0.4, 0.5) is 0 Å². The van der Waals surface area contributed by atoms with E-state index < -0.39 is 18.4 Å². The average molecular weight is 1820 g/mol. The number of hydrogen-bond acceptors (Lipinski definition) is 12. The van der Waals surface area contributed by atoms with Crippen LogP contribution in [0.3, 0.4) is 0 Å². The Bertz CT molecular complexity index is 3920. The second kappa shape index (κ2) is 44.0. The molecule has 0 aromatic carbocycles. The van der Waals surface area contributed by atoms with E-state index >= 15 is 0 Å². The first kappa shape index (κ1) is 91.8. The van der Waals surface area contributed by atoms with Gasteiger partial charge in [0.2, 0.25) is 0 Å². The standard InChI is InChI=1S/C41H60N2OS3.C30H47OS2.C10H10Br2N2S.3C4H9.Sn/c1-11-32-33(12-2)43-37-36(42-32)30(10)46-40(37)35-24-31-38(47-35)39-34(23-29(9)45-39)44-41(31,21-19-27(7)17-13-15-25(3)4)22-20-28(8)18-14-16-26(5)6;1-21(2)10-8-12-23(5)14-17-30(18-15-24(6)13-9-11-22(3)4)26-16-19-32-28(26)29-27(31-30)20-25(7)33-29;1-3-5-6(4-2)14-8-7(13-5)9(11)15-10(8)12;3*1-3-4-2;/h23-28H,11-22H2,1-10H3;16,20-24H,8-15,17-18H2,1-7H3;3-4H2,1-2H3;3*1,3-4H2,2H3;. The van der Waals surface area contributed by atoms with Crippen LogP contribution in [0.5, 0.6) is 11.5 Å². The molecule has 8 aromatic rings. The summed E-state index contributed by atoms with van der Waals surface area (Å²) in [5, 5.41) is 0. The number of fused-ring (bicyclic) bond motifs is 8. The van der Waals surface area contributed by atoms with Crippen molar-refractivity contribution < 1.29 is 9.47 Å². The van der Waals surface area contributed by atoms with Crippen molar-refractivity contribution in [1.29, 1.82) is 0 Å². The third-order valence-corrected chi connectivity index (χ3v) is 50.4. The summed E-state index contributed by atoms with van der Waals surface area (Å²) < 4.78 is 23.5. The summed E-state index contributed by atoms with van der Waals surface area (Å²) in [5.41, 5.74) is 11.2. The van der Waals surface area contributed by atoms with Gasteiger partial charge < -0.3 is 4.74 Å². The van der Waals surface area contributed by atoms with Gasteiger partial charge in [0.1, 0.15) is 33.4 Å². The molecular formula is C93H144Br2N4O2S6Sn. The van der Waals surface area contributed by atoms with Gasteiger partial charge in [-0.15, -0.1) is 45.3 Å². The number of unbranched alkanes of at least 4 members (excludes halogenated alkanes) is 3. The molecule has 15 heteroatoms. The Morgan fingerprint density at radius 1 is 0.361 bits per heavy atom. The van der Waals surface area contributed by atoms with E-state index in [4.69, 9.17) is 19.4 Å².